The minimum atomic E-state index is -1.42. The van der Waals surface area contributed by atoms with Gasteiger partial charge in [-0.05, 0) is 0 Å². The van der Waals surface area contributed by atoms with Gasteiger partial charge in [-0.3, -0.25) is 8.37 Å². The van der Waals surface area contributed by atoms with Crippen LogP contribution in [-0.4, -0.2) is 22.8 Å². The Morgan fingerprint density at radius 1 is 1.33 bits per heavy atom. The maximum Gasteiger partial charge on any atom is 0.304 e. The van der Waals surface area contributed by atoms with Gasteiger partial charge in [0.05, 0.1) is 18.6 Å². The number of alkyl halides is 2. The Hall–Kier alpha value is 0.650. The predicted molar refractivity (Wildman–Crippen MR) is 36.6 cm³/mol. The van der Waals surface area contributed by atoms with Crippen molar-refractivity contribution in [2.24, 2.45) is 0 Å². The first kappa shape index (κ1) is 9.65. The normalized spacial score (nSPS) is 18.9. The lowest BCUT2D eigenvalue weighted by molar-refractivity contribution is 0.365. The molecule has 9 heavy (non-hydrogen) atoms. The Kier molecular flexibility index (Phi) is 7.25. The monoisotopic (exact) mass is 192 g/mol. The Morgan fingerprint density at radius 3 is 1.78 bits per heavy atom. The Bertz CT molecular complexity index is 81.1. The molecule has 3 nitrogen and oxygen atoms in total. The van der Waals surface area contributed by atoms with E-state index in [-0.39, 0.29) is 5.34 Å². The van der Waals surface area contributed by atoms with Crippen molar-refractivity contribution in [1.82, 2.24) is 0 Å². The van der Waals surface area contributed by atoms with Gasteiger partial charge in [0.15, 0.2) is 0 Å². The molecule has 1 aliphatic rings. The fourth-order valence-electron chi connectivity index (χ4n) is 0.238. The minimum Gasteiger partial charge on any atom is -0.266 e. The van der Waals surface area contributed by atoms with Gasteiger partial charge in [-0.2, -0.15) is 4.21 Å². The van der Waals surface area contributed by atoms with Gasteiger partial charge in [0.25, 0.3) is 0 Å². The summed E-state index contributed by atoms with van der Waals surface area (Å²) in [5, 5.41) is 0.194. The van der Waals surface area contributed by atoms with Gasteiger partial charge in [-0.15, -0.1) is 23.2 Å². The zero-order chi connectivity index (χ0) is 7.11. The average molecular weight is 193 g/mol. The van der Waals surface area contributed by atoms with Crippen molar-refractivity contribution >= 4 is 34.6 Å². The standard InChI is InChI=1S/C2H4O3S.CH2Cl2/c3-6-4-1-2-5-6;2-1-3/h1-2H2;1H2. The first-order chi connectivity index (χ1) is 4.31. The second kappa shape index (κ2) is 6.77. The average Bonchev–Trinajstić information content (AvgIpc) is 2.20. The quantitative estimate of drug-likeness (QED) is 0.539. The summed E-state index contributed by atoms with van der Waals surface area (Å²) in [6.07, 6.45) is 0. The SMILES string of the molecule is ClCCl.O=S1OCCO1. The summed E-state index contributed by atoms with van der Waals surface area (Å²) in [5.74, 6) is 0. The molecule has 0 N–H and O–H groups in total. The van der Waals surface area contributed by atoms with Crippen LogP contribution < -0.4 is 0 Å². The van der Waals surface area contributed by atoms with Crippen LogP contribution >= 0.6 is 23.2 Å². The molecule has 0 radical (unpaired) electrons. The molecule has 1 fully saturated rings. The van der Waals surface area contributed by atoms with E-state index in [9.17, 15) is 4.21 Å². The van der Waals surface area contributed by atoms with E-state index < -0.39 is 11.4 Å². The highest BCUT2D eigenvalue weighted by Gasteiger charge is 2.07. The van der Waals surface area contributed by atoms with E-state index in [0.717, 1.165) is 0 Å². The van der Waals surface area contributed by atoms with Crippen molar-refractivity contribution in [3.05, 3.63) is 0 Å². The van der Waals surface area contributed by atoms with E-state index >= 15 is 0 Å². The highest BCUT2D eigenvalue weighted by atomic mass is 35.5. The lowest BCUT2D eigenvalue weighted by Gasteiger charge is -1.76. The topological polar surface area (TPSA) is 35.5 Å². The molecule has 1 rings (SSSR count). The molecule has 0 spiro atoms. The van der Waals surface area contributed by atoms with Crippen LogP contribution in [0.5, 0.6) is 0 Å². The van der Waals surface area contributed by atoms with Gasteiger partial charge < -0.3 is 0 Å². The molecule has 1 heterocycles. The van der Waals surface area contributed by atoms with Crippen LogP contribution in [0.1, 0.15) is 0 Å². The van der Waals surface area contributed by atoms with Crippen LogP contribution in [-0.2, 0) is 19.7 Å². The molecule has 6 heteroatoms. The smallest absolute Gasteiger partial charge is 0.266 e. The molecule has 1 saturated heterocycles. The minimum absolute atomic E-state index is 0.194. The molecule has 0 saturated carbocycles. The molecule has 56 valence electrons. The molecule has 0 atom stereocenters. The maximum absolute atomic E-state index is 9.91. The van der Waals surface area contributed by atoms with E-state index in [1.165, 1.54) is 0 Å². The predicted octanol–water partition coefficient (Wildman–Crippen LogP) is 1.03. The Labute approximate surface area is 66.1 Å². The number of halogens is 2. The number of rotatable bonds is 0. The van der Waals surface area contributed by atoms with Gasteiger partial charge in [0.2, 0.25) is 0 Å². The van der Waals surface area contributed by atoms with Gasteiger partial charge >= 0.3 is 11.4 Å². The first-order valence-electron chi connectivity index (χ1n) is 2.11. The molecule has 0 aromatic heterocycles. The molecule has 0 bridgehead atoms. The molecular formula is C3H6Cl2O3S. The van der Waals surface area contributed by atoms with E-state index in [0.29, 0.717) is 13.2 Å². The lowest BCUT2D eigenvalue weighted by atomic mass is 10.8. The third-order valence-corrected chi connectivity index (χ3v) is 1.16. The van der Waals surface area contributed by atoms with Crippen LogP contribution in [0.15, 0.2) is 0 Å². The summed E-state index contributed by atoms with van der Waals surface area (Å²) < 4.78 is 18.7. The Balaban J connectivity index is 0.000000187. The van der Waals surface area contributed by atoms with Crippen LogP contribution in [0.25, 0.3) is 0 Å². The summed E-state index contributed by atoms with van der Waals surface area (Å²) in [5.41, 5.74) is 0. The summed E-state index contributed by atoms with van der Waals surface area (Å²) in [4.78, 5) is 0. The summed E-state index contributed by atoms with van der Waals surface area (Å²) >= 11 is 8.10. The van der Waals surface area contributed by atoms with E-state index in [1.54, 1.807) is 0 Å². The molecule has 0 unspecified atom stereocenters. The van der Waals surface area contributed by atoms with Crippen molar-refractivity contribution in [1.29, 1.82) is 0 Å². The van der Waals surface area contributed by atoms with Gasteiger partial charge in [-0.1, -0.05) is 0 Å². The van der Waals surface area contributed by atoms with Crippen molar-refractivity contribution in [3.8, 4) is 0 Å². The van der Waals surface area contributed by atoms with Crippen molar-refractivity contribution in [2.75, 3.05) is 18.6 Å². The molecule has 0 amide bonds. The third kappa shape index (κ3) is 6.54. The molecule has 1 aliphatic heterocycles. The Morgan fingerprint density at radius 2 is 1.67 bits per heavy atom. The zero-order valence-corrected chi connectivity index (χ0v) is 6.84. The molecule has 0 aromatic rings. The lowest BCUT2D eigenvalue weighted by Crippen LogP contribution is -1.81. The zero-order valence-electron chi connectivity index (χ0n) is 4.51. The summed E-state index contributed by atoms with van der Waals surface area (Å²) in [6.45, 7) is 0.930. The van der Waals surface area contributed by atoms with Crippen molar-refractivity contribution in [2.45, 2.75) is 0 Å². The van der Waals surface area contributed by atoms with E-state index in [4.69, 9.17) is 23.2 Å². The van der Waals surface area contributed by atoms with Gasteiger partial charge in [-0.25, -0.2) is 0 Å². The fourth-order valence-corrected chi connectivity index (χ4v) is 0.714. The van der Waals surface area contributed by atoms with Crippen LogP contribution in [0.4, 0.5) is 0 Å². The van der Waals surface area contributed by atoms with Crippen molar-refractivity contribution < 1.29 is 12.6 Å². The molecule has 0 aliphatic carbocycles. The van der Waals surface area contributed by atoms with Crippen molar-refractivity contribution in [3.63, 3.8) is 0 Å². The second-order valence-electron chi connectivity index (χ2n) is 0.949. The second-order valence-corrected chi connectivity index (χ2v) is 2.64. The molecular weight excluding hydrogens is 187 g/mol. The molecule has 0 aromatic carbocycles. The van der Waals surface area contributed by atoms with Gasteiger partial charge in [0, 0.05) is 0 Å². The first-order valence-corrected chi connectivity index (χ1v) is 4.18. The highest BCUT2D eigenvalue weighted by Crippen LogP contribution is 1.95. The van der Waals surface area contributed by atoms with E-state index in [1.807, 2.05) is 0 Å². The highest BCUT2D eigenvalue weighted by molar-refractivity contribution is 7.75. The number of hydrogen-bond donors (Lipinski definition) is 0. The fraction of sp³-hybridized carbons (Fsp3) is 1.00. The largest absolute Gasteiger partial charge is 0.304 e. The van der Waals surface area contributed by atoms with Crippen LogP contribution in [0.3, 0.4) is 0 Å². The summed E-state index contributed by atoms with van der Waals surface area (Å²) in [6, 6.07) is 0. The number of hydrogen-bond acceptors (Lipinski definition) is 3. The van der Waals surface area contributed by atoms with E-state index in [2.05, 4.69) is 8.37 Å². The summed E-state index contributed by atoms with van der Waals surface area (Å²) in [7, 11) is 0. The van der Waals surface area contributed by atoms with Gasteiger partial charge in [0.1, 0.15) is 0 Å². The van der Waals surface area contributed by atoms with Crippen LogP contribution in [0.2, 0.25) is 0 Å². The maximum atomic E-state index is 9.91. The van der Waals surface area contributed by atoms with Crippen LogP contribution in [0, 0.1) is 0 Å². The third-order valence-electron chi connectivity index (χ3n) is 0.442.